The third-order valence-electron chi connectivity index (χ3n) is 7.48. The van der Waals surface area contributed by atoms with E-state index in [0.717, 1.165) is 26.1 Å². The lowest BCUT2D eigenvalue weighted by Gasteiger charge is -2.38. The second-order valence-electron chi connectivity index (χ2n) is 10.5. The molecule has 44 heavy (non-hydrogen) atoms. The minimum atomic E-state index is -4.17. The van der Waals surface area contributed by atoms with Gasteiger partial charge in [0.25, 0.3) is 10.0 Å². The van der Waals surface area contributed by atoms with Crippen molar-refractivity contribution < 1.29 is 22.7 Å². The lowest BCUT2D eigenvalue weighted by molar-refractivity contribution is -0.124. The maximum Gasteiger partial charge on any atom is 0.263 e. The van der Waals surface area contributed by atoms with Gasteiger partial charge in [-0.25, -0.2) is 18.4 Å². The molecule has 4 N–H and O–H groups in total. The van der Waals surface area contributed by atoms with E-state index >= 15 is 0 Å². The van der Waals surface area contributed by atoms with Crippen LogP contribution >= 0.6 is 0 Å². The molecule has 1 aromatic heterocycles. The summed E-state index contributed by atoms with van der Waals surface area (Å²) in [5.41, 5.74) is 7.99. The first-order chi connectivity index (χ1) is 21.2. The zero-order chi connectivity index (χ0) is 31.3. The van der Waals surface area contributed by atoms with Crippen LogP contribution in [0.3, 0.4) is 0 Å². The fourth-order valence-corrected chi connectivity index (χ4v) is 6.39. The Bertz CT molecular complexity index is 1720. The SMILES string of the molecule is CCCN1CCN(C(C(N)=O)c2cccc(S(=O)(=O)Nc3nc4ccccc4nc3Nc3cc(OC)cc(OC)c3)c2)CC1. The summed E-state index contributed by atoms with van der Waals surface area (Å²) in [6.45, 7) is 6.06. The van der Waals surface area contributed by atoms with Crippen LogP contribution in [-0.4, -0.2) is 81.0 Å². The molecule has 2 heterocycles. The topological polar surface area (TPSA) is 152 Å². The number of amides is 1. The molecule has 1 fully saturated rings. The van der Waals surface area contributed by atoms with E-state index < -0.39 is 22.0 Å². The average molecular weight is 620 g/mol. The fourth-order valence-electron chi connectivity index (χ4n) is 5.33. The van der Waals surface area contributed by atoms with Crippen molar-refractivity contribution in [1.29, 1.82) is 0 Å². The van der Waals surface area contributed by atoms with Crippen molar-refractivity contribution in [1.82, 2.24) is 19.8 Å². The van der Waals surface area contributed by atoms with Crippen LogP contribution in [-0.2, 0) is 14.8 Å². The third-order valence-corrected chi connectivity index (χ3v) is 8.82. The molecule has 0 spiro atoms. The summed E-state index contributed by atoms with van der Waals surface area (Å²) < 4.78 is 40.9. The predicted octanol–water partition coefficient (Wildman–Crippen LogP) is 3.75. The summed E-state index contributed by atoms with van der Waals surface area (Å²) in [5, 5.41) is 3.16. The van der Waals surface area contributed by atoms with Crippen LogP contribution in [0, 0.1) is 0 Å². The van der Waals surface area contributed by atoms with E-state index in [9.17, 15) is 13.2 Å². The number of sulfonamides is 1. The Labute approximate surface area is 257 Å². The maximum absolute atomic E-state index is 13.8. The molecule has 1 unspecified atom stereocenters. The number of hydrogen-bond acceptors (Lipinski definition) is 10. The van der Waals surface area contributed by atoms with Gasteiger partial charge in [0.1, 0.15) is 17.5 Å². The summed E-state index contributed by atoms with van der Waals surface area (Å²) in [6.07, 6.45) is 1.05. The molecule has 4 aromatic rings. The number of benzene rings is 3. The van der Waals surface area contributed by atoms with Gasteiger partial charge in [-0.05, 0) is 42.8 Å². The summed E-state index contributed by atoms with van der Waals surface area (Å²) in [4.78, 5) is 26.2. The normalized spacial score (nSPS) is 15.1. The van der Waals surface area contributed by atoms with Crippen LogP contribution in [0.2, 0.25) is 0 Å². The first kappa shape index (κ1) is 31.0. The molecule has 0 bridgehead atoms. The van der Waals surface area contributed by atoms with Crippen molar-refractivity contribution in [2.24, 2.45) is 5.73 Å². The van der Waals surface area contributed by atoms with Crippen LogP contribution in [0.4, 0.5) is 17.3 Å². The number of para-hydroxylation sites is 2. The maximum atomic E-state index is 13.8. The number of carbonyl (C=O) groups excluding carboxylic acids is 1. The Morgan fingerprint density at radius 1 is 0.909 bits per heavy atom. The molecule has 0 aliphatic carbocycles. The van der Waals surface area contributed by atoms with Gasteiger partial charge in [-0.1, -0.05) is 31.2 Å². The summed E-state index contributed by atoms with van der Waals surface area (Å²) in [6, 6.07) is 17.9. The van der Waals surface area contributed by atoms with E-state index in [1.54, 1.807) is 48.5 Å². The van der Waals surface area contributed by atoms with E-state index in [1.807, 2.05) is 11.0 Å². The number of primary amides is 1. The molecule has 0 radical (unpaired) electrons. The Morgan fingerprint density at radius 3 is 2.14 bits per heavy atom. The molecular formula is C31H37N7O5S. The molecule has 1 aliphatic heterocycles. The minimum absolute atomic E-state index is 0.00520. The smallest absolute Gasteiger partial charge is 0.263 e. The number of carbonyl (C=O) groups is 1. The average Bonchev–Trinajstić information content (AvgIpc) is 3.02. The summed E-state index contributed by atoms with van der Waals surface area (Å²) in [7, 11) is -1.09. The first-order valence-electron chi connectivity index (χ1n) is 14.4. The number of nitrogens with zero attached hydrogens (tertiary/aromatic N) is 4. The zero-order valence-electron chi connectivity index (χ0n) is 25.0. The lowest BCUT2D eigenvalue weighted by atomic mass is 10.0. The van der Waals surface area contributed by atoms with Crippen molar-refractivity contribution >= 4 is 44.3 Å². The number of piperazine rings is 1. The van der Waals surface area contributed by atoms with Crippen molar-refractivity contribution in [2.75, 3.05) is 57.0 Å². The number of anilines is 3. The van der Waals surface area contributed by atoms with E-state index in [2.05, 4.69) is 31.8 Å². The van der Waals surface area contributed by atoms with Gasteiger partial charge < -0.3 is 25.4 Å². The van der Waals surface area contributed by atoms with Gasteiger partial charge in [0.05, 0.1) is 30.1 Å². The molecule has 232 valence electrons. The van der Waals surface area contributed by atoms with Crippen LogP contribution < -0.4 is 25.2 Å². The first-order valence-corrected chi connectivity index (χ1v) is 15.8. The molecule has 1 amide bonds. The van der Waals surface area contributed by atoms with Crippen LogP contribution in [0.5, 0.6) is 11.5 Å². The number of nitrogens with two attached hydrogens (primary N) is 1. The summed E-state index contributed by atoms with van der Waals surface area (Å²) in [5.74, 6) is 0.718. The third kappa shape index (κ3) is 7.01. The molecular weight excluding hydrogens is 582 g/mol. The standard InChI is InChI=1S/C31H37N7O5S/c1-4-12-37-13-15-38(16-14-37)28(29(32)39)21-8-7-9-25(17-21)44(40,41)36-31-30(34-26-10-5-6-11-27(26)35-31)33-22-18-23(42-2)20-24(19-22)43-3/h5-11,17-20,28H,4,12-16H2,1-3H3,(H2,32,39)(H,33,34)(H,35,36). The van der Waals surface area contributed by atoms with Gasteiger partial charge in [-0.3, -0.25) is 14.4 Å². The van der Waals surface area contributed by atoms with Gasteiger partial charge >= 0.3 is 0 Å². The number of aromatic nitrogens is 2. The largest absolute Gasteiger partial charge is 0.497 e. The fraction of sp³-hybridized carbons (Fsp3) is 0.323. The van der Waals surface area contributed by atoms with Gasteiger partial charge in [-0.15, -0.1) is 0 Å². The molecule has 1 atom stereocenters. The molecule has 3 aromatic carbocycles. The van der Waals surface area contributed by atoms with E-state index in [-0.39, 0.29) is 16.5 Å². The monoisotopic (exact) mass is 619 g/mol. The highest BCUT2D eigenvalue weighted by atomic mass is 32.2. The Kier molecular flexibility index (Phi) is 9.47. The molecule has 1 aliphatic rings. The van der Waals surface area contributed by atoms with Gasteiger partial charge in [0, 0.05) is 50.1 Å². The molecule has 13 heteroatoms. The Hall–Kier alpha value is -4.46. The van der Waals surface area contributed by atoms with Crippen molar-refractivity contribution in [2.45, 2.75) is 24.3 Å². The quantitative estimate of drug-likeness (QED) is 0.214. The molecule has 0 saturated carbocycles. The van der Waals surface area contributed by atoms with Gasteiger partial charge in [-0.2, -0.15) is 0 Å². The molecule has 12 nitrogen and oxygen atoms in total. The summed E-state index contributed by atoms with van der Waals surface area (Å²) >= 11 is 0. The number of rotatable bonds is 12. The highest BCUT2D eigenvalue weighted by molar-refractivity contribution is 7.92. The predicted molar refractivity (Wildman–Crippen MR) is 170 cm³/mol. The van der Waals surface area contributed by atoms with Gasteiger partial charge in [0.15, 0.2) is 11.6 Å². The molecule has 1 saturated heterocycles. The number of methoxy groups -OCH3 is 2. The van der Waals surface area contributed by atoms with E-state index in [0.29, 0.717) is 46.9 Å². The number of fused-ring (bicyclic) bond motifs is 1. The second-order valence-corrected chi connectivity index (χ2v) is 12.2. The Morgan fingerprint density at radius 2 is 1.55 bits per heavy atom. The highest BCUT2D eigenvalue weighted by Gasteiger charge is 2.30. The van der Waals surface area contributed by atoms with E-state index in [1.165, 1.54) is 26.4 Å². The minimum Gasteiger partial charge on any atom is -0.497 e. The number of ether oxygens (including phenoxy) is 2. The zero-order valence-corrected chi connectivity index (χ0v) is 25.8. The van der Waals surface area contributed by atoms with Crippen LogP contribution in [0.1, 0.15) is 24.9 Å². The van der Waals surface area contributed by atoms with Crippen molar-refractivity contribution in [3.05, 3.63) is 72.3 Å². The van der Waals surface area contributed by atoms with Crippen molar-refractivity contribution in [3.63, 3.8) is 0 Å². The molecule has 5 rings (SSSR count). The highest BCUT2D eigenvalue weighted by Crippen LogP contribution is 2.32. The number of nitrogens with one attached hydrogen (secondary N) is 2. The number of hydrogen-bond donors (Lipinski definition) is 3. The lowest BCUT2D eigenvalue weighted by Crippen LogP contribution is -2.50. The van der Waals surface area contributed by atoms with Gasteiger partial charge in [0.2, 0.25) is 5.91 Å². The van der Waals surface area contributed by atoms with Crippen LogP contribution in [0.25, 0.3) is 11.0 Å². The Balaban J connectivity index is 1.47. The van der Waals surface area contributed by atoms with Crippen LogP contribution in [0.15, 0.2) is 71.6 Å². The van der Waals surface area contributed by atoms with E-state index in [4.69, 9.17) is 15.2 Å². The second kappa shape index (κ2) is 13.5. The van der Waals surface area contributed by atoms with Crippen molar-refractivity contribution in [3.8, 4) is 11.5 Å².